The molecule has 2 nitrogen and oxygen atoms in total. The second-order valence-electron chi connectivity index (χ2n) is 6.32. The zero-order chi connectivity index (χ0) is 14.1. The molecule has 2 aromatic carbocycles. The minimum Gasteiger partial charge on any atom is -0.323 e. The summed E-state index contributed by atoms with van der Waals surface area (Å²) in [7, 11) is 0. The van der Waals surface area contributed by atoms with Crippen LogP contribution >= 0.6 is 0 Å². The molecule has 20 heavy (non-hydrogen) atoms. The first-order valence-electron chi connectivity index (χ1n) is 7.62. The second kappa shape index (κ2) is 5.55. The maximum absolute atomic E-state index is 6.51. The molecule has 1 saturated heterocycles. The molecule has 2 heteroatoms. The van der Waals surface area contributed by atoms with E-state index in [1.807, 2.05) is 0 Å². The Morgan fingerprint density at radius 2 is 1.90 bits per heavy atom. The normalized spacial score (nSPS) is 25.1. The summed E-state index contributed by atoms with van der Waals surface area (Å²) in [5.74, 6) is 0.796. The van der Waals surface area contributed by atoms with E-state index < -0.39 is 0 Å². The fourth-order valence-electron chi connectivity index (χ4n) is 3.57. The average molecular weight is 268 g/mol. The van der Waals surface area contributed by atoms with Crippen molar-refractivity contribution in [2.24, 2.45) is 11.7 Å². The number of fused-ring (bicyclic) bond motifs is 1. The number of rotatable bonds is 3. The third-order valence-electron chi connectivity index (χ3n) is 4.57. The highest BCUT2D eigenvalue weighted by Gasteiger charge is 2.27. The molecule has 3 unspecified atom stereocenters. The Morgan fingerprint density at radius 3 is 2.65 bits per heavy atom. The molecule has 0 aliphatic carbocycles. The lowest BCUT2D eigenvalue weighted by molar-refractivity contribution is 0.249. The molecule has 0 spiro atoms. The van der Waals surface area contributed by atoms with E-state index in [0.717, 1.165) is 12.5 Å². The highest BCUT2D eigenvalue weighted by molar-refractivity contribution is 5.86. The van der Waals surface area contributed by atoms with Gasteiger partial charge in [-0.1, -0.05) is 49.4 Å². The summed E-state index contributed by atoms with van der Waals surface area (Å²) in [5.41, 5.74) is 7.78. The fraction of sp³-hybridized carbons (Fsp3) is 0.444. The van der Waals surface area contributed by atoms with Crippen LogP contribution in [0.3, 0.4) is 0 Å². The highest BCUT2D eigenvalue weighted by Crippen LogP contribution is 2.27. The van der Waals surface area contributed by atoms with Crippen LogP contribution in [0, 0.1) is 5.92 Å². The van der Waals surface area contributed by atoms with E-state index in [-0.39, 0.29) is 6.04 Å². The molecule has 0 radical (unpaired) electrons. The summed E-state index contributed by atoms with van der Waals surface area (Å²) < 4.78 is 0. The Kier molecular flexibility index (Phi) is 3.77. The lowest BCUT2D eigenvalue weighted by atomic mass is 9.99. The molecule has 2 aromatic rings. The zero-order valence-electron chi connectivity index (χ0n) is 12.4. The molecular weight excluding hydrogens is 244 g/mol. The van der Waals surface area contributed by atoms with Crippen LogP contribution in [0.15, 0.2) is 42.5 Å². The zero-order valence-corrected chi connectivity index (χ0v) is 12.4. The Labute approximate surface area is 121 Å². The van der Waals surface area contributed by atoms with Crippen molar-refractivity contribution in [2.75, 3.05) is 13.1 Å². The molecule has 0 bridgehead atoms. The van der Waals surface area contributed by atoms with Crippen LogP contribution in [0.1, 0.15) is 31.9 Å². The molecule has 0 amide bonds. The molecule has 0 saturated carbocycles. The lowest BCUT2D eigenvalue weighted by Crippen LogP contribution is -2.34. The van der Waals surface area contributed by atoms with E-state index in [1.54, 1.807) is 0 Å². The first-order valence-corrected chi connectivity index (χ1v) is 7.62. The monoisotopic (exact) mass is 268 g/mol. The standard InChI is InChI=1S/C18H24N2/c1-13-10-14(2)20(11-13)12-18(19)17-9-5-7-15-6-3-4-8-16(15)17/h3-9,13-14,18H,10-12,19H2,1-2H3. The van der Waals surface area contributed by atoms with Gasteiger partial charge in [-0.15, -0.1) is 0 Å². The van der Waals surface area contributed by atoms with Crippen molar-refractivity contribution in [3.05, 3.63) is 48.0 Å². The molecule has 1 aliphatic heterocycles. The van der Waals surface area contributed by atoms with Crippen molar-refractivity contribution in [3.8, 4) is 0 Å². The quantitative estimate of drug-likeness (QED) is 0.922. The van der Waals surface area contributed by atoms with Crippen LogP contribution in [0.25, 0.3) is 10.8 Å². The minimum atomic E-state index is 0.0915. The molecule has 2 N–H and O–H groups in total. The van der Waals surface area contributed by atoms with Gasteiger partial charge in [0.25, 0.3) is 0 Å². The van der Waals surface area contributed by atoms with E-state index in [9.17, 15) is 0 Å². The summed E-state index contributed by atoms with van der Waals surface area (Å²) in [6.45, 7) is 6.79. The highest BCUT2D eigenvalue weighted by atomic mass is 15.2. The predicted molar refractivity (Wildman–Crippen MR) is 85.7 cm³/mol. The summed E-state index contributed by atoms with van der Waals surface area (Å²) in [4.78, 5) is 2.54. The second-order valence-corrected chi connectivity index (χ2v) is 6.32. The fourth-order valence-corrected chi connectivity index (χ4v) is 3.57. The first-order chi connectivity index (χ1) is 9.65. The van der Waals surface area contributed by atoms with E-state index in [0.29, 0.717) is 6.04 Å². The Bertz CT molecular complexity index is 587. The van der Waals surface area contributed by atoms with Gasteiger partial charge in [-0.2, -0.15) is 0 Å². The van der Waals surface area contributed by atoms with Gasteiger partial charge >= 0.3 is 0 Å². The molecule has 1 fully saturated rings. The summed E-state index contributed by atoms with van der Waals surface area (Å²) in [6, 6.07) is 15.7. The maximum atomic E-state index is 6.51. The van der Waals surface area contributed by atoms with Crippen LogP contribution in [-0.4, -0.2) is 24.0 Å². The van der Waals surface area contributed by atoms with Crippen LogP contribution in [0.4, 0.5) is 0 Å². The SMILES string of the molecule is CC1CC(C)N(CC(N)c2cccc3ccccc23)C1. The van der Waals surface area contributed by atoms with Gasteiger partial charge in [0, 0.05) is 25.2 Å². The van der Waals surface area contributed by atoms with Gasteiger partial charge in [0.2, 0.25) is 0 Å². The van der Waals surface area contributed by atoms with Gasteiger partial charge in [-0.25, -0.2) is 0 Å². The number of benzene rings is 2. The molecule has 1 aliphatic rings. The smallest absolute Gasteiger partial charge is 0.0430 e. The molecule has 0 aromatic heterocycles. The summed E-state index contributed by atoms with van der Waals surface area (Å²) in [5, 5.41) is 2.57. The average Bonchev–Trinajstić information content (AvgIpc) is 2.76. The largest absolute Gasteiger partial charge is 0.323 e. The van der Waals surface area contributed by atoms with Crippen molar-refractivity contribution < 1.29 is 0 Å². The van der Waals surface area contributed by atoms with Crippen molar-refractivity contribution in [3.63, 3.8) is 0 Å². The lowest BCUT2D eigenvalue weighted by Gasteiger charge is -2.25. The molecule has 106 valence electrons. The molecule has 3 rings (SSSR count). The number of nitrogens with two attached hydrogens (primary N) is 1. The predicted octanol–water partition coefficient (Wildman–Crippen LogP) is 3.57. The van der Waals surface area contributed by atoms with Gasteiger partial charge in [0.1, 0.15) is 0 Å². The minimum absolute atomic E-state index is 0.0915. The van der Waals surface area contributed by atoms with Gasteiger partial charge in [0.05, 0.1) is 0 Å². The van der Waals surface area contributed by atoms with Crippen molar-refractivity contribution in [1.82, 2.24) is 4.90 Å². The molecule has 3 atom stereocenters. The number of nitrogens with zero attached hydrogens (tertiary/aromatic N) is 1. The topological polar surface area (TPSA) is 29.3 Å². The van der Waals surface area contributed by atoms with Gasteiger partial charge in [-0.05, 0) is 35.6 Å². The van der Waals surface area contributed by atoms with E-state index in [1.165, 1.54) is 29.3 Å². The summed E-state index contributed by atoms with van der Waals surface area (Å²) in [6.07, 6.45) is 1.29. The molecular formula is C18H24N2. The maximum Gasteiger partial charge on any atom is 0.0430 e. The van der Waals surface area contributed by atoms with E-state index in [2.05, 4.69) is 61.2 Å². The van der Waals surface area contributed by atoms with Crippen molar-refractivity contribution in [1.29, 1.82) is 0 Å². The van der Waals surface area contributed by atoms with Crippen molar-refractivity contribution in [2.45, 2.75) is 32.4 Å². The third kappa shape index (κ3) is 2.58. The summed E-state index contributed by atoms with van der Waals surface area (Å²) >= 11 is 0. The van der Waals surface area contributed by atoms with Gasteiger partial charge in [0.15, 0.2) is 0 Å². The van der Waals surface area contributed by atoms with Crippen LogP contribution in [0.2, 0.25) is 0 Å². The van der Waals surface area contributed by atoms with Gasteiger partial charge in [-0.3, -0.25) is 4.90 Å². The molecule has 1 heterocycles. The Hall–Kier alpha value is -1.38. The third-order valence-corrected chi connectivity index (χ3v) is 4.57. The number of hydrogen-bond acceptors (Lipinski definition) is 2. The Balaban J connectivity index is 1.84. The van der Waals surface area contributed by atoms with Crippen LogP contribution in [-0.2, 0) is 0 Å². The first kappa shape index (κ1) is 13.6. The Morgan fingerprint density at radius 1 is 1.15 bits per heavy atom. The van der Waals surface area contributed by atoms with Crippen molar-refractivity contribution >= 4 is 10.8 Å². The van der Waals surface area contributed by atoms with Gasteiger partial charge < -0.3 is 5.73 Å². The number of hydrogen-bond donors (Lipinski definition) is 1. The van der Waals surface area contributed by atoms with Crippen LogP contribution in [0.5, 0.6) is 0 Å². The number of likely N-dealkylation sites (tertiary alicyclic amines) is 1. The van der Waals surface area contributed by atoms with Crippen LogP contribution < -0.4 is 5.73 Å². The van der Waals surface area contributed by atoms with E-state index in [4.69, 9.17) is 5.73 Å². The van der Waals surface area contributed by atoms with E-state index >= 15 is 0 Å².